The molecule has 1 aliphatic heterocycles. The molecule has 3 rings (SSSR count). The lowest BCUT2D eigenvalue weighted by atomic mass is 9.94. The Balaban J connectivity index is 1.95. The molecule has 10 heteroatoms. The molecule has 2 aromatic rings. The number of fused-ring (bicyclic) bond motifs is 1. The number of ether oxygens (including phenoxy) is 1. The summed E-state index contributed by atoms with van der Waals surface area (Å²) in [7, 11) is 1.06. The van der Waals surface area contributed by atoms with Crippen LogP contribution >= 0.6 is 0 Å². The van der Waals surface area contributed by atoms with Crippen molar-refractivity contribution in [2.24, 2.45) is 0 Å². The number of amides is 1. The average Bonchev–Trinajstić information content (AvgIpc) is 2.65. The third-order valence-corrected chi connectivity index (χ3v) is 4.54. The van der Waals surface area contributed by atoms with Gasteiger partial charge in [-0.2, -0.15) is 26.3 Å². The van der Waals surface area contributed by atoms with Gasteiger partial charge in [0.1, 0.15) is 5.75 Å². The van der Waals surface area contributed by atoms with E-state index >= 15 is 0 Å². The van der Waals surface area contributed by atoms with E-state index in [1.165, 1.54) is 6.07 Å². The number of hydrogen-bond donors (Lipinski definition) is 2. The molecule has 2 N–H and O–H groups in total. The van der Waals surface area contributed by atoms with E-state index in [0.717, 1.165) is 25.3 Å². The van der Waals surface area contributed by atoms with Crippen LogP contribution < -0.4 is 15.4 Å². The van der Waals surface area contributed by atoms with Crippen molar-refractivity contribution < 1.29 is 35.9 Å². The largest absolute Gasteiger partial charge is 0.496 e. The Kier molecular flexibility index (Phi) is 5.48. The molecule has 0 atom stereocenters. The fraction of sp³-hybridized carbons (Fsp3) is 0.316. The predicted octanol–water partition coefficient (Wildman–Crippen LogP) is 4.63. The summed E-state index contributed by atoms with van der Waals surface area (Å²) in [5, 5.41) is 5.21. The first-order valence-electron chi connectivity index (χ1n) is 8.51. The standard InChI is InChI=1S/C19H16F6N2O2/c1-29-16-3-2-10(7-15(16)19(23,24)25)17(28)27-12-6-11-9-26-5-4-13(11)14(8-12)18(20,21)22/h2-3,6-8,26H,4-5,9H2,1H3,(H,27,28). The third kappa shape index (κ3) is 4.47. The molecule has 1 amide bonds. The third-order valence-electron chi connectivity index (χ3n) is 4.54. The van der Waals surface area contributed by atoms with Crippen molar-refractivity contribution in [1.29, 1.82) is 0 Å². The summed E-state index contributed by atoms with van der Waals surface area (Å²) >= 11 is 0. The number of benzene rings is 2. The predicted molar refractivity (Wildman–Crippen MR) is 92.8 cm³/mol. The first-order chi connectivity index (χ1) is 13.5. The fourth-order valence-electron chi connectivity index (χ4n) is 3.22. The van der Waals surface area contributed by atoms with E-state index in [9.17, 15) is 31.1 Å². The lowest BCUT2D eigenvalue weighted by Crippen LogP contribution is -2.27. The zero-order valence-electron chi connectivity index (χ0n) is 15.1. The van der Waals surface area contributed by atoms with Crippen molar-refractivity contribution >= 4 is 11.6 Å². The molecule has 156 valence electrons. The van der Waals surface area contributed by atoms with Gasteiger partial charge in [0.25, 0.3) is 5.91 Å². The van der Waals surface area contributed by atoms with Crippen LogP contribution in [0.25, 0.3) is 0 Å². The smallest absolute Gasteiger partial charge is 0.419 e. The molecule has 0 saturated heterocycles. The zero-order valence-corrected chi connectivity index (χ0v) is 15.1. The highest BCUT2D eigenvalue weighted by atomic mass is 19.4. The number of anilines is 1. The Morgan fingerprint density at radius 1 is 1.03 bits per heavy atom. The normalized spacial score (nSPS) is 14.3. The molecule has 2 aromatic carbocycles. The number of halogens is 6. The number of alkyl halides is 6. The molecule has 29 heavy (non-hydrogen) atoms. The van der Waals surface area contributed by atoms with E-state index < -0.39 is 35.1 Å². The van der Waals surface area contributed by atoms with Gasteiger partial charge < -0.3 is 15.4 Å². The maximum absolute atomic E-state index is 13.4. The highest BCUT2D eigenvalue weighted by Crippen LogP contribution is 2.38. The van der Waals surface area contributed by atoms with Crippen molar-refractivity contribution in [3.05, 3.63) is 58.1 Å². The maximum atomic E-state index is 13.4. The zero-order chi connectivity index (χ0) is 21.4. The molecule has 0 bridgehead atoms. The van der Waals surface area contributed by atoms with Crippen LogP contribution in [0.1, 0.15) is 32.6 Å². The van der Waals surface area contributed by atoms with Crippen molar-refractivity contribution in [2.75, 3.05) is 19.0 Å². The van der Waals surface area contributed by atoms with E-state index in [-0.39, 0.29) is 29.8 Å². The van der Waals surface area contributed by atoms with Crippen LogP contribution in [0.2, 0.25) is 0 Å². The monoisotopic (exact) mass is 418 g/mol. The SMILES string of the molecule is COc1ccc(C(=O)Nc2cc3c(c(C(F)(F)F)c2)CCNC3)cc1C(F)(F)F. The minimum atomic E-state index is -4.76. The van der Waals surface area contributed by atoms with Gasteiger partial charge in [0.15, 0.2) is 0 Å². The lowest BCUT2D eigenvalue weighted by Gasteiger charge is -2.23. The first kappa shape index (κ1) is 21.0. The van der Waals surface area contributed by atoms with Gasteiger partial charge in [0.2, 0.25) is 0 Å². The molecular formula is C19H16F6N2O2. The number of carbonyl (C=O) groups is 1. The number of carbonyl (C=O) groups excluding carboxylic acids is 1. The molecule has 0 spiro atoms. The van der Waals surface area contributed by atoms with Crippen LogP contribution in [-0.2, 0) is 25.3 Å². The van der Waals surface area contributed by atoms with Crippen LogP contribution in [0.4, 0.5) is 32.0 Å². The van der Waals surface area contributed by atoms with Gasteiger partial charge in [-0.3, -0.25) is 4.79 Å². The maximum Gasteiger partial charge on any atom is 0.419 e. The van der Waals surface area contributed by atoms with Gasteiger partial charge >= 0.3 is 12.4 Å². The van der Waals surface area contributed by atoms with Crippen molar-refractivity contribution in [1.82, 2.24) is 5.32 Å². The topological polar surface area (TPSA) is 50.4 Å². The Labute approximate surface area is 161 Å². The number of rotatable bonds is 3. The quantitative estimate of drug-likeness (QED) is 0.715. The van der Waals surface area contributed by atoms with Gasteiger partial charge in [-0.05, 0) is 54.4 Å². The number of nitrogens with one attached hydrogen (secondary N) is 2. The number of methoxy groups -OCH3 is 1. The molecular weight excluding hydrogens is 402 g/mol. The summed E-state index contributed by atoms with van der Waals surface area (Å²) in [6.45, 7) is 0.594. The summed E-state index contributed by atoms with van der Waals surface area (Å²) < 4.78 is 84.3. The summed E-state index contributed by atoms with van der Waals surface area (Å²) in [6, 6.07) is 4.88. The Morgan fingerprint density at radius 3 is 2.34 bits per heavy atom. The van der Waals surface area contributed by atoms with E-state index in [0.29, 0.717) is 18.2 Å². The van der Waals surface area contributed by atoms with Crippen LogP contribution in [0.3, 0.4) is 0 Å². The van der Waals surface area contributed by atoms with E-state index in [1.54, 1.807) is 0 Å². The van der Waals surface area contributed by atoms with Crippen LogP contribution in [0.5, 0.6) is 5.75 Å². The minimum Gasteiger partial charge on any atom is -0.496 e. The van der Waals surface area contributed by atoms with Crippen molar-refractivity contribution in [2.45, 2.75) is 25.3 Å². The second kappa shape index (κ2) is 7.58. The summed E-state index contributed by atoms with van der Waals surface area (Å²) in [6.07, 6.45) is -9.19. The fourth-order valence-corrected chi connectivity index (χ4v) is 3.22. The summed E-state index contributed by atoms with van der Waals surface area (Å²) in [4.78, 5) is 12.4. The molecule has 1 heterocycles. The highest BCUT2D eigenvalue weighted by Gasteiger charge is 2.36. The van der Waals surface area contributed by atoms with Gasteiger partial charge in [0, 0.05) is 17.8 Å². The van der Waals surface area contributed by atoms with Crippen LogP contribution in [-0.4, -0.2) is 19.6 Å². The second-order valence-corrected chi connectivity index (χ2v) is 6.45. The molecule has 0 aliphatic carbocycles. The molecule has 0 aromatic heterocycles. The Morgan fingerprint density at radius 2 is 1.72 bits per heavy atom. The van der Waals surface area contributed by atoms with E-state index in [1.807, 2.05) is 0 Å². The lowest BCUT2D eigenvalue weighted by molar-refractivity contribution is -0.139. The van der Waals surface area contributed by atoms with Gasteiger partial charge in [-0.1, -0.05) is 0 Å². The van der Waals surface area contributed by atoms with Gasteiger partial charge in [-0.25, -0.2) is 0 Å². The Hall–Kier alpha value is -2.75. The summed E-state index contributed by atoms with van der Waals surface area (Å²) in [5.41, 5.74) is -1.99. The minimum absolute atomic E-state index is 0.144. The molecule has 0 radical (unpaired) electrons. The number of hydrogen-bond acceptors (Lipinski definition) is 3. The molecule has 0 unspecified atom stereocenters. The van der Waals surface area contributed by atoms with Gasteiger partial charge in [-0.15, -0.1) is 0 Å². The Bertz CT molecular complexity index is 938. The first-order valence-corrected chi connectivity index (χ1v) is 8.51. The van der Waals surface area contributed by atoms with E-state index in [2.05, 4.69) is 15.4 Å². The second-order valence-electron chi connectivity index (χ2n) is 6.45. The summed E-state index contributed by atoms with van der Waals surface area (Å²) in [5.74, 6) is -1.43. The molecule has 4 nitrogen and oxygen atoms in total. The molecule has 1 aliphatic rings. The molecule has 0 fully saturated rings. The van der Waals surface area contributed by atoms with Crippen LogP contribution in [0.15, 0.2) is 30.3 Å². The van der Waals surface area contributed by atoms with Crippen LogP contribution in [0, 0.1) is 0 Å². The molecule has 0 saturated carbocycles. The van der Waals surface area contributed by atoms with Crippen molar-refractivity contribution in [3.63, 3.8) is 0 Å². The van der Waals surface area contributed by atoms with Gasteiger partial charge in [0.05, 0.1) is 18.2 Å². The highest BCUT2D eigenvalue weighted by molar-refractivity contribution is 6.04. The van der Waals surface area contributed by atoms with Crippen molar-refractivity contribution in [3.8, 4) is 5.75 Å². The van der Waals surface area contributed by atoms with E-state index in [4.69, 9.17) is 0 Å². The average molecular weight is 418 g/mol.